The van der Waals surface area contributed by atoms with E-state index in [0.29, 0.717) is 23.1 Å². The third-order valence-electron chi connectivity index (χ3n) is 6.02. The SMILES string of the molecule is C[C@H](NCc1ccc(Cl)cc1Oc1ccc(-c2cnc(CN3CCCC3)n2C)cc1)C(=O)O. The summed E-state index contributed by atoms with van der Waals surface area (Å²) in [5.74, 6) is 1.43. The van der Waals surface area contributed by atoms with E-state index in [2.05, 4.69) is 26.8 Å². The van der Waals surface area contributed by atoms with E-state index in [1.807, 2.05) is 36.5 Å². The Labute approximate surface area is 199 Å². The number of imidazole rings is 1. The molecule has 2 heterocycles. The second-order valence-electron chi connectivity index (χ2n) is 8.42. The molecule has 0 amide bonds. The highest BCUT2D eigenvalue weighted by atomic mass is 35.5. The van der Waals surface area contributed by atoms with Crippen LogP contribution in [0, 0.1) is 0 Å². The minimum absolute atomic E-state index is 0.354. The summed E-state index contributed by atoms with van der Waals surface area (Å²) in [5.41, 5.74) is 2.95. The molecule has 7 nitrogen and oxygen atoms in total. The number of carboxylic acids is 1. The summed E-state index contributed by atoms with van der Waals surface area (Å²) in [6.45, 7) is 5.12. The van der Waals surface area contributed by atoms with Crippen LogP contribution in [0.2, 0.25) is 5.02 Å². The Morgan fingerprint density at radius 2 is 1.94 bits per heavy atom. The van der Waals surface area contributed by atoms with Crippen molar-refractivity contribution >= 4 is 17.6 Å². The van der Waals surface area contributed by atoms with E-state index >= 15 is 0 Å². The molecule has 2 aromatic carbocycles. The van der Waals surface area contributed by atoms with E-state index in [1.165, 1.54) is 12.8 Å². The molecule has 0 spiro atoms. The first kappa shape index (κ1) is 23.3. The van der Waals surface area contributed by atoms with Gasteiger partial charge in [-0.2, -0.15) is 0 Å². The summed E-state index contributed by atoms with van der Waals surface area (Å²) in [5, 5.41) is 12.6. The Morgan fingerprint density at radius 1 is 1.21 bits per heavy atom. The smallest absolute Gasteiger partial charge is 0.320 e. The molecule has 1 aliphatic heterocycles. The predicted molar refractivity (Wildman–Crippen MR) is 129 cm³/mol. The molecule has 174 valence electrons. The van der Waals surface area contributed by atoms with Crippen LogP contribution in [0.25, 0.3) is 11.3 Å². The number of rotatable bonds is 9. The molecule has 0 saturated carbocycles. The number of aliphatic carboxylic acids is 1. The molecular formula is C25H29ClN4O3. The maximum absolute atomic E-state index is 11.1. The van der Waals surface area contributed by atoms with Crippen LogP contribution in [-0.4, -0.2) is 44.7 Å². The topological polar surface area (TPSA) is 79.6 Å². The first-order valence-electron chi connectivity index (χ1n) is 11.2. The number of hydrogen-bond acceptors (Lipinski definition) is 5. The van der Waals surface area contributed by atoms with Crippen LogP contribution in [0.1, 0.15) is 31.2 Å². The van der Waals surface area contributed by atoms with Crippen LogP contribution in [0.3, 0.4) is 0 Å². The Morgan fingerprint density at radius 3 is 2.64 bits per heavy atom. The van der Waals surface area contributed by atoms with Gasteiger partial charge in [0.05, 0.1) is 18.4 Å². The van der Waals surface area contributed by atoms with E-state index in [1.54, 1.807) is 19.1 Å². The molecule has 3 aromatic rings. The number of nitrogens with one attached hydrogen (secondary N) is 1. The fraction of sp³-hybridized carbons (Fsp3) is 0.360. The lowest BCUT2D eigenvalue weighted by atomic mass is 10.1. The molecule has 1 saturated heterocycles. The molecule has 4 rings (SSSR count). The van der Waals surface area contributed by atoms with Crippen LogP contribution < -0.4 is 10.1 Å². The van der Waals surface area contributed by atoms with Crippen molar-refractivity contribution in [3.05, 3.63) is 65.1 Å². The third kappa shape index (κ3) is 5.74. The molecule has 8 heteroatoms. The quantitative estimate of drug-likeness (QED) is 0.474. The summed E-state index contributed by atoms with van der Waals surface area (Å²) in [6.07, 6.45) is 4.45. The van der Waals surface area contributed by atoms with Crippen LogP contribution in [0.15, 0.2) is 48.7 Å². The Kier molecular flexibility index (Phi) is 7.33. The Balaban J connectivity index is 1.47. The molecule has 1 aromatic heterocycles. The fourth-order valence-electron chi connectivity index (χ4n) is 3.94. The molecule has 1 atom stereocenters. The zero-order chi connectivity index (χ0) is 23.4. The molecule has 0 aliphatic carbocycles. The lowest BCUT2D eigenvalue weighted by Crippen LogP contribution is -2.33. The molecule has 1 aliphatic rings. The largest absolute Gasteiger partial charge is 0.480 e. The first-order valence-corrected chi connectivity index (χ1v) is 11.5. The second-order valence-corrected chi connectivity index (χ2v) is 8.86. The van der Waals surface area contributed by atoms with Crippen molar-refractivity contribution in [2.75, 3.05) is 13.1 Å². The first-order chi connectivity index (χ1) is 15.9. The van der Waals surface area contributed by atoms with Crippen LogP contribution in [0.5, 0.6) is 11.5 Å². The van der Waals surface area contributed by atoms with Crippen molar-refractivity contribution in [2.45, 2.75) is 38.9 Å². The molecule has 2 N–H and O–H groups in total. The normalized spacial score (nSPS) is 15.0. The van der Waals surface area contributed by atoms with Gasteiger partial charge in [0.15, 0.2) is 0 Å². The molecule has 1 fully saturated rings. The van der Waals surface area contributed by atoms with Gasteiger partial charge in [-0.1, -0.05) is 17.7 Å². The highest BCUT2D eigenvalue weighted by Crippen LogP contribution is 2.30. The monoisotopic (exact) mass is 468 g/mol. The van der Waals surface area contributed by atoms with E-state index in [0.717, 1.165) is 42.3 Å². The van der Waals surface area contributed by atoms with Crippen LogP contribution in [-0.2, 0) is 24.9 Å². The average Bonchev–Trinajstić information content (AvgIpc) is 3.44. The summed E-state index contributed by atoms with van der Waals surface area (Å²) >= 11 is 6.17. The predicted octanol–water partition coefficient (Wildman–Crippen LogP) is 4.69. The van der Waals surface area contributed by atoms with Crippen molar-refractivity contribution in [1.82, 2.24) is 19.8 Å². The summed E-state index contributed by atoms with van der Waals surface area (Å²) in [7, 11) is 2.06. The number of benzene rings is 2. The number of carbonyl (C=O) groups is 1. The van der Waals surface area contributed by atoms with E-state index < -0.39 is 12.0 Å². The number of ether oxygens (including phenoxy) is 1. The number of aromatic nitrogens is 2. The standard InChI is InChI=1S/C25H29ClN4O3/c1-17(25(31)32)27-14-19-5-8-20(26)13-23(19)33-21-9-6-18(7-10-21)22-15-28-24(29(22)2)16-30-11-3-4-12-30/h5-10,13,15,17,27H,3-4,11-12,14,16H2,1-2H3,(H,31,32)/t17-/m0/s1. The van der Waals surface area contributed by atoms with Gasteiger partial charge in [-0.3, -0.25) is 9.69 Å². The molecule has 0 bridgehead atoms. The molecular weight excluding hydrogens is 440 g/mol. The van der Waals surface area contributed by atoms with Crippen LogP contribution in [0.4, 0.5) is 0 Å². The lowest BCUT2D eigenvalue weighted by Gasteiger charge is -2.15. The minimum Gasteiger partial charge on any atom is -0.480 e. The molecule has 33 heavy (non-hydrogen) atoms. The Hall–Kier alpha value is -2.87. The van der Waals surface area contributed by atoms with Crippen molar-refractivity contribution < 1.29 is 14.6 Å². The van der Waals surface area contributed by atoms with Gasteiger partial charge >= 0.3 is 5.97 Å². The van der Waals surface area contributed by atoms with Gasteiger partial charge in [0.25, 0.3) is 0 Å². The number of hydrogen-bond donors (Lipinski definition) is 2. The highest BCUT2D eigenvalue weighted by molar-refractivity contribution is 6.30. The van der Waals surface area contributed by atoms with Gasteiger partial charge in [0, 0.05) is 29.7 Å². The van der Waals surface area contributed by atoms with E-state index in [9.17, 15) is 4.79 Å². The maximum atomic E-state index is 11.1. The second kappa shape index (κ2) is 10.4. The van der Waals surface area contributed by atoms with Gasteiger partial charge in [-0.05, 0) is 69.3 Å². The van der Waals surface area contributed by atoms with Gasteiger partial charge in [0.1, 0.15) is 23.4 Å². The van der Waals surface area contributed by atoms with E-state index in [-0.39, 0.29) is 0 Å². The van der Waals surface area contributed by atoms with Gasteiger partial charge < -0.3 is 19.7 Å². The van der Waals surface area contributed by atoms with Gasteiger partial charge in [-0.25, -0.2) is 4.98 Å². The van der Waals surface area contributed by atoms with Crippen molar-refractivity contribution in [2.24, 2.45) is 7.05 Å². The molecule has 0 unspecified atom stereocenters. The molecule has 0 radical (unpaired) electrons. The number of likely N-dealkylation sites (tertiary alicyclic amines) is 1. The van der Waals surface area contributed by atoms with Crippen molar-refractivity contribution in [1.29, 1.82) is 0 Å². The van der Waals surface area contributed by atoms with Crippen molar-refractivity contribution in [3.8, 4) is 22.8 Å². The fourth-order valence-corrected chi connectivity index (χ4v) is 4.11. The summed E-state index contributed by atoms with van der Waals surface area (Å²) in [6, 6.07) is 12.5. The zero-order valence-corrected chi connectivity index (χ0v) is 19.7. The van der Waals surface area contributed by atoms with Gasteiger partial charge in [0.2, 0.25) is 0 Å². The lowest BCUT2D eigenvalue weighted by molar-refractivity contribution is -0.139. The zero-order valence-electron chi connectivity index (χ0n) is 18.9. The average molecular weight is 469 g/mol. The summed E-state index contributed by atoms with van der Waals surface area (Å²) in [4.78, 5) is 18.2. The van der Waals surface area contributed by atoms with E-state index in [4.69, 9.17) is 21.4 Å². The number of nitrogens with zero attached hydrogens (tertiary/aromatic N) is 3. The van der Waals surface area contributed by atoms with Crippen LogP contribution >= 0.6 is 11.6 Å². The Bertz CT molecular complexity index is 1110. The van der Waals surface area contributed by atoms with Crippen molar-refractivity contribution in [3.63, 3.8) is 0 Å². The highest BCUT2D eigenvalue weighted by Gasteiger charge is 2.16. The maximum Gasteiger partial charge on any atom is 0.320 e. The third-order valence-corrected chi connectivity index (χ3v) is 6.26. The minimum atomic E-state index is -0.902. The number of carboxylic acid groups (broad SMARTS) is 1. The summed E-state index contributed by atoms with van der Waals surface area (Å²) < 4.78 is 8.25. The number of halogens is 1. The van der Waals surface area contributed by atoms with Gasteiger partial charge in [-0.15, -0.1) is 0 Å².